The fourth-order valence-corrected chi connectivity index (χ4v) is 6.16. The van der Waals surface area contributed by atoms with Crippen LogP contribution >= 0.6 is 34.8 Å². The Labute approximate surface area is 249 Å². The molecule has 14 heteroatoms. The highest BCUT2D eigenvalue weighted by Gasteiger charge is 2.34. The lowest BCUT2D eigenvalue weighted by molar-refractivity contribution is 0.386. The van der Waals surface area contributed by atoms with Gasteiger partial charge in [-0.2, -0.15) is 8.42 Å². The average Bonchev–Trinajstić information content (AvgIpc) is 3.51. The molecule has 0 aliphatic carbocycles. The molecule has 0 spiro atoms. The van der Waals surface area contributed by atoms with Crippen LogP contribution in [0.1, 0.15) is 11.1 Å². The van der Waals surface area contributed by atoms with Crippen molar-refractivity contribution >= 4 is 91.8 Å². The third-order valence-corrected chi connectivity index (χ3v) is 8.24. The summed E-state index contributed by atoms with van der Waals surface area (Å²) in [6.07, 6.45) is 0. The van der Waals surface area contributed by atoms with Crippen LogP contribution in [-0.4, -0.2) is 20.1 Å². The number of nitrogens with zero attached hydrogens (tertiary/aromatic N) is 4. The number of benzene rings is 4. The van der Waals surface area contributed by atoms with E-state index < -0.39 is 22.5 Å². The van der Waals surface area contributed by atoms with Gasteiger partial charge >= 0.3 is 22.5 Å². The van der Waals surface area contributed by atoms with Gasteiger partial charge in [-0.25, -0.2) is 8.61 Å². The highest BCUT2D eigenvalue weighted by atomic mass is 35.5. The van der Waals surface area contributed by atoms with Gasteiger partial charge in [-0.3, -0.25) is 8.57 Å². The maximum atomic E-state index is 12.9. The van der Waals surface area contributed by atoms with Crippen molar-refractivity contribution in [1.82, 2.24) is 0 Å². The summed E-state index contributed by atoms with van der Waals surface area (Å²) in [7, 11) is 0. The SMILES string of the molecule is O=S1ON=C(c2ccc(C3=NOS(=O)N3c3cccc(Cl)c3)c(Nc3cccc(Cl)c3)c2)N1c1cccc(Cl)c1. The van der Waals surface area contributed by atoms with Crippen LogP contribution in [0.15, 0.2) is 101 Å². The Balaban J connectivity index is 1.45. The molecular weight excluding hydrogens is 617 g/mol. The Bertz CT molecular complexity index is 1750. The van der Waals surface area contributed by atoms with E-state index in [2.05, 4.69) is 15.6 Å². The fourth-order valence-electron chi connectivity index (χ4n) is 4.07. The van der Waals surface area contributed by atoms with E-state index in [4.69, 9.17) is 43.4 Å². The van der Waals surface area contributed by atoms with Gasteiger partial charge in [-0.15, -0.1) is 0 Å². The highest BCUT2D eigenvalue weighted by Crippen LogP contribution is 2.34. The third kappa shape index (κ3) is 5.26. The van der Waals surface area contributed by atoms with Crippen LogP contribution in [0.2, 0.25) is 15.1 Å². The molecule has 2 heterocycles. The molecule has 4 aromatic carbocycles. The van der Waals surface area contributed by atoms with Gasteiger partial charge in [0.25, 0.3) is 0 Å². The topological polar surface area (TPSA) is 95.8 Å². The molecule has 0 radical (unpaired) electrons. The Morgan fingerprint density at radius 3 is 1.80 bits per heavy atom. The van der Waals surface area contributed by atoms with E-state index >= 15 is 0 Å². The van der Waals surface area contributed by atoms with Crippen LogP contribution in [-0.2, 0) is 31.1 Å². The van der Waals surface area contributed by atoms with Crippen LogP contribution in [0.3, 0.4) is 0 Å². The largest absolute Gasteiger partial charge is 0.355 e. The summed E-state index contributed by atoms with van der Waals surface area (Å²) in [4.78, 5) is 0. The number of oxime groups is 2. The lowest BCUT2D eigenvalue weighted by Crippen LogP contribution is -2.30. The van der Waals surface area contributed by atoms with Crippen LogP contribution in [0.25, 0.3) is 0 Å². The molecule has 0 amide bonds. The van der Waals surface area contributed by atoms with Crippen LogP contribution < -0.4 is 13.9 Å². The molecule has 0 bridgehead atoms. The Hall–Kier alpha value is -3.61. The van der Waals surface area contributed by atoms with Gasteiger partial charge in [0.15, 0.2) is 11.7 Å². The van der Waals surface area contributed by atoms with Gasteiger partial charge < -0.3 is 5.32 Å². The first kappa shape index (κ1) is 26.6. The predicted octanol–water partition coefficient (Wildman–Crippen LogP) is 6.94. The first-order valence-corrected chi connectivity index (χ1v) is 14.7. The maximum Gasteiger partial charge on any atom is 0.346 e. The lowest BCUT2D eigenvalue weighted by Gasteiger charge is -2.20. The molecule has 2 aliphatic rings. The second kappa shape index (κ2) is 11.1. The molecule has 0 aromatic heterocycles. The van der Waals surface area contributed by atoms with Crippen LogP contribution in [0.4, 0.5) is 22.7 Å². The van der Waals surface area contributed by atoms with E-state index in [0.29, 0.717) is 54.8 Å². The predicted molar refractivity (Wildman–Crippen MR) is 161 cm³/mol. The minimum absolute atomic E-state index is 0.275. The van der Waals surface area contributed by atoms with Gasteiger partial charge in [0.05, 0.1) is 17.1 Å². The Morgan fingerprint density at radius 1 is 0.650 bits per heavy atom. The third-order valence-electron chi connectivity index (χ3n) is 5.77. The van der Waals surface area contributed by atoms with Gasteiger partial charge in [0.1, 0.15) is 0 Å². The molecular formula is C26H16Cl3N5O4S2. The lowest BCUT2D eigenvalue weighted by atomic mass is 10.1. The number of halogens is 3. The summed E-state index contributed by atoms with van der Waals surface area (Å²) in [6.45, 7) is 0. The minimum Gasteiger partial charge on any atom is -0.355 e. The van der Waals surface area contributed by atoms with Gasteiger partial charge in [-0.05, 0) is 77.0 Å². The van der Waals surface area contributed by atoms with Gasteiger partial charge in [0, 0.05) is 31.9 Å². The molecule has 0 fully saturated rings. The number of nitrogens with one attached hydrogen (secondary N) is 1. The molecule has 6 rings (SSSR count). The average molecular weight is 633 g/mol. The van der Waals surface area contributed by atoms with Crippen LogP contribution in [0.5, 0.6) is 0 Å². The molecule has 0 saturated heterocycles. The number of hydrogen-bond donors (Lipinski definition) is 1. The normalized spacial score (nSPS) is 18.2. The molecule has 9 nitrogen and oxygen atoms in total. The zero-order valence-electron chi connectivity index (χ0n) is 20.0. The van der Waals surface area contributed by atoms with E-state index in [1.807, 2.05) is 6.07 Å². The Kier molecular flexibility index (Phi) is 7.39. The quantitative estimate of drug-likeness (QED) is 0.248. The summed E-state index contributed by atoms with van der Waals surface area (Å²) in [6, 6.07) is 26.1. The number of anilines is 4. The van der Waals surface area contributed by atoms with Crippen molar-refractivity contribution in [3.05, 3.63) is 117 Å². The standard InChI is InChI=1S/C26H16Cl3N5O4S2/c27-17-4-1-7-20(13-17)30-24-12-16(25-31-37-39(35)33(25)21-8-2-5-18(28)14-21)10-11-23(24)26-32-38-40(36)34(26)22-9-3-6-19(29)15-22/h1-15,30H. The summed E-state index contributed by atoms with van der Waals surface area (Å²) in [5.41, 5.74) is 3.39. The summed E-state index contributed by atoms with van der Waals surface area (Å²) < 4.78 is 38.8. The summed E-state index contributed by atoms with van der Waals surface area (Å²) in [5, 5.41) is 13.0. The van der Waals surface area contributed by atoms with Crippen molar-refractivity contribution < 1.29 is 17.0 Å². The van der Waals surface area contributed by atoms with E-state index in [9.17, 15) is 8.42 Å². The zero-order chi connectivity index (χ0) is 27.8. The smallest absolute Gasteiger partial charge is 0.346 e. The first-order chi connectivity index (χ1) is 19.4. The van der Waals surface area contributed by atoms with E-state index in [1.165, 1.54) is 8.61 Å². The van der Waals surface area contributed by atoms with Crippen molar-refractivity contribution in [3.63, 3.8) is 0 Å². The molecule has 202 valence electrons. The highest BCUT2D eigenvalue weighted by molar-refractivity contribution is 7.83. The molecule has 1 N–H and O–H groups in total. The zero-order valence-corrected chi connectivity index (χ0v) is 23.9. The molecule has 40 heavy (non-hydrogen) atoms. The minimum atomic E-state index is -1.94. The van der Waals surface area contributed by atoms with Gasteiger partial charge in [-0.1, -0.05) is 59.1 Å². The summed E-state index contributed by atoms with van der Waals surface area (Å²) >= 11 is 14.8. The molecule has 2 aliphatic heterocycles. The van der Waals surface area contributed by atoms with Crippen molar-refractivity contribution in [2.75, 3.05) is 13.9 Å². The molecule has 2 unspecified atom stereocenters. The Morgan fingerprint density at radius 2 is 1.20 bits per heavy atom. The molecule has 4 aromatic rings. The number of amidine groups is 2. The van der Waals surface area contributed by atoms with Crippen molar-refractivity contribution in [1.29, 1.82) is 0 Å². The summed E-state index contributed by atoms with van der Waals surface area (Å²) in [5.74, 6) is 0.567. The maximum absolute atomic E-state index is 12.9. The monoisotopic (exact) mass is 631 g/mol. The molecule has 2 atom stereocenters. The number of hydrogen-bond acceptors (Lipinski definition) is 7. The van der Waals surface area contributed by atoms with E-state index in [1.54, 1.807) is 84.9 Å². The molecule has 0 saturated carbocycles. The van der Waals surface area contributed by atoms with Crippen molar-refractivity contribution in [2.24, 2.45) is 10.3 Å². The van der Waals surface area contributed by atoms with E-state index in [0.717, 1.165) is 0 Å². The van der Waals surface area contributed by atoms with Crippen molar-refractivity contribution in [2.45, 2.75) is 0 Å². The first-order valence-electron chi connectivity index (χ1n) is 11.5. The second-order valence-corrected chi connectivity index (χ2v) is 11.6. The van der Waals surface area contributed by atoms with Crippen LogP contribution in [0, 0.1) is 0 Å². The van der Waals surface area contributed by atoms with Gasteiger partial charge in [0.2, 0.25) is 0 Å². The second-order valence-electron chi connectivity index (χ2n) is 8.36. The fraction of sp³-hybridized carbons (Fsp3) is 0. The van der Waals surface area contributed by atoms with Crippen molar-refractivity contribution in [3.8, 4) is 0 Å². The number of rotatable bonds is 6. The van der Waals surface area contributed by atoms with E-state index in [-0.39, 0.29) is 5.84 Å².